The molecule has 0 saturated carbocycles. The monoisotopic (exact) mass is 512 g/mol. The van der Waals surface area contributed by atoms with E-state index in [9.17, 15) is 4.79 Å². The van der Waals surface area contributed by atoms with Crippen LogP contribution in [-0.4, -0.2) is 47.3 Å². The Morgan fingerprint density at radius 3 is 2.63 bits per heavy atom. The lowest BCUT2D eigenvalue weighted by Crippen LogP contribution is -2.35. The molecule has 0 radical (unpaired) electrons. The molecule has 2 aromatic carbocycles. The predicted octanol–water partition coefficient (Wildman–Crippen LogP) is 5.45. The fourth-order valence-electron chi connectivity index (χ4n) is 3.41. The summed E-state index contributed by atoms with van der Waals surface area (Å²) in [6.45, 7) is 6.63. The number of aryl methyl sites for hydroxylation is 2. The van der Waals surface area contributed by atoms with E-state index in [2.05, 4.69) is 17.0 Å². The minimum absolute atomic E-state index is 0.0325. The third kappa shape index (κ3) is 5.36. The maximum absolute atomic E-state index is 12.6. The highest BCUT2D eigenvalue weighted by molar-refractivity contribution is 8.26. The lowest BCUT2D eigenvalue weighted by atomic mass is 10.1. The summed E-state index contributed by atoms with van der Waals surface area (Å²) >= 11 is 7.79. The van der Waals surface area contributed by atoms with Gasteiger partial charge in [0.05, 0.1) is 17.7 Å². The Morgan fingerprint density at radius 1 is 1.14 bits per heavy atom. The zero-order valence-corrected chi connectivity index (χ0v) is 21.4. The molecule has 1 amide bonds. The highest BCUT2D eigenvalue weighted by Crippen LogP contribution is 2.37. The van der Waals surface area contributed by atoms with Gasteiger partial charge < -0.3 is 14.2 Å². The summed E-state index contributed by atoms with van der Waals surface area (Å²) in [6, 6.07) is 9.26. The van der Waals surface area contributed by atoms with Crippen molar-refractivity contribution >= 4 is 51.4 Å². The Balaban J connectivity index is 1.48. The van der Waals surface area contributed by atoms with Gasteiger partial charge in [-0.3, -0.25) is 10.2 Å². The molecule has 0 aromatic heterocycles. The van der Waals surface area contributed by atoms with Crippen molar-refractivity contribution in [1.29, 1.82) is 5.41 Å². The molecule has 182 valence electrons. The Morgan fingerprint density at radius 2 is 1.91 bits per heavy atom. The number of ether oxygens (including phenoxy) is 3. The van der Waals surface area contributed by atoms with E-state index >= 15 is 0 Å². The number of rotatable bonds is 8. The highest BCUT2D eigenvalue weighted by Gasteiger charge is 2.35. The molecule has 0 saturated heterocycles. The van der Waals surface area contributed by atoms with Crippen molar-refractivity contribution in [3.8, 4) is 17.2 Å². The number of amidine groups is 2. The molecular formula is C25H25ClN4O4S. The first-order valence-electron chi connectivity index (χ1n) is 11.0. The number of nitrogens with zero attached hydrogens (tertiary/aromatic N) is 3. The zero-order chi connectivity index (χ0) is 25.1. The van der Waals surface area contributed by atoms with E-state index in [0.717, 1.165) is 16.4 Å². The second-order valence-corrected chi connectivity index (χ2v) is 9.29. The Kier molecular flexibility index (Phi) is 7.47. The molecular weight excluding hydrogens is 488 g/mol. The summed E-state index contributed by atoms with van der Waals surface area (Å²) in [5, 5.41) is 15.7. The summed E-state index contributed by atoms with van der Waals surface area (Å²) in [5.74, 6) is 1.01. The molecule has 2 aliphatic heterocycles. The van der Waals surface area contributed by atoms with E-state index in [-0.39, 0.29) is 18.0 Å². The van der Waals surface area contributed by atoms with Crippen LogP contribution in [0.15, 0.2) is 46.0 Å². The number of hydrazone groups is 1. The molecule has 8 nitrogen and oxygen atoms in total. The van der Waals surface area contributed by atoms with Crippen LogP contribution in [0.25, 0.3) is 6.08 Å². The van der Waals surface area contributed by atoms with Gasteiger partial charge in [-0.25, -0.2) is 0 Å². The van der Waals surface area contributed by atoms with Crippen LogP contribution >= 0.6 is 23.4 Å². The average Bonchev–Trinajstić information content (AvgIpc) is 3.25. The van der Waals surface area contributed by atoms with Crippen LogP contribution in [0.3, 0.4) is 0 Å². The molecule has 2 heterocycles. The number of fused-ring (bicyclic) bond motifs is 1. The second kappa shape index (κ2) is 10.5. The number of halogens is 1. The second-order valence-electron chi connectivity index (χ2n) is 7.84. The molecule has 2 aromatic rings. The molecule has 1 N–H and O–H groups in total. The van der Waals surface area contributed by atoms with Crippen molar-refractivity contribution in [3.63, 3.8) is 0 Å². The van der Waals surface area contributed by atoms with Gasteiger partial charge >= 0.3 is 0 Å². The number of thioether (sulfide) groups is 1. The molecule has 0 atom stereocenters. The van der Waals surface area contributed by atoms with Gasteiger partial charge in [-0.1, -0.05) is 24.6 Å². The summed E-state index contributed by atoms with van der Waals surface area (Å²) in [5.41, 5.74) is 3.05. The first kappa shape index (κ1) is 24.8. The zero-order valence-electron chi connectivity index (χ0n) is 19.8. The van der Waals surface area contributed by atoms with Crippen molar-refractivity contribution in [3.05, 3.63) is 57.6 Å². The number of hydrogen-bond donors (Lipinski definition) is 1. The summed E-state index contributed by atoms with van der Waals surface area (Å²) < 4.78 is 17.1. The van der Waals surface area contributed by atoms with E-state index < -0.39 is 5.91 Å². The molecule has 0 bridgehead atoms. The SMILES string of the molecule is CCC1=NN2C(=N)C(=Cc3cc(Cl)c(OCCOc4ccc(C)c(C)c4)c(OC)c3)C(=O)N=C2S1. The van der Waals surface area contributed by atoms with Crippen molar-refractivity contribution in [2.75, 3.05) is 20.3 Å². The third-order valence-corrected chi connectivity index (χ3v) is 6.77. The molecule has 0 fully saturated rings. The van der Waals surface area contributed by atoms with Gasteiger partial charge in [-0.15, -0.1) is 0 Å². The van der Waals surface area contributed by atoms with Gasteiger partial charge in [-0.05, 0) is 79.1 Å². The smallest absolute Gasteiger partial charge is 0.283 e. The van der Waals surface area contributed by atoms with Crippen molar-refractivity contribution in [1.82, 2.24) is 5.01 Å². The molecule has 35 heavy (non-hydrogen) atoms. The number of benzene rings is 2. The van der Waals surface area contributed by atoms with Gasteiger partial charge in [0.15, 0.2) is 17.3 Å². The lowest BCUT2D eigenvalue weighted by Gasteiger charge is -2.20. The molecule has 0 unspecified atom stereocenters. The van der Waals surface area contributed by atoms with Gasteiger partial charge in [0.25, 0.3) is 5.91 Å². The summed E-state index contributed by atoms with van der Waals surface area (Å²) in [7, 11) is 1.51. The first-order chi connectivity index (χ1) is 16.8. The van der Waals surface area contributed by atoms with E-state index in [1.54, 1.807) is 18.2 Å². The van der Waals surface area contributed by atoms with Crippen molar-refractivity contribution in [2.45, 2.75) is 27.2 Å². The fourth-order valence-corrected chi connectivity index (χ4v) is 4.51. The highest BCUT2D eigenvalue weighted by atomic mass is 35.5. The Hall–Kier alpha value is -3.30. The topological polar surface area (TPSA) is 96.6 Å². The molecule has 2 aliphatic rings. The number of aliphatic imine (C=N–C) groups is 1. The van der Waals surface area contributed by atoms with Crippen LogP contribution in [0, 0.1) is 19.3 Å². The van der Waals surface area contributed by atoms with Crippen molar-refractivity contribution in [2.24, 2.45) is 10.1 Å². The standard InChI is InChI=1S/C25H25ClN4O4S/c1-5-21-29-30-23(27)18(24(31)28-25(30)35-21)11-16-12-19(26)22(20(13-16)32-4)34-9-8-33-17-7-6-14(2)15(3)10-17/h6-7,10-13,27H,5,8-9H2,1-4H3. The quantitative estimate of drug-likeness (QED) is 0.373. The van der Waals surface area contributed by atoms with Crippen LogP contribution in [0.1, 0.15) is 30.0 Å². The summed E-state index contributed by atoms with van der Waals surface area (Å²) in [4.78, 5) is 16.7. The van der Waals surface area contributed by atoms with Crippen LogP contribution in [0.5, 0.6) is 17.2 Å². The van der Waals surface area contributed by atoms with Gasteiger partial charge in [0.1, 0.15) is 24.0 Å². The number of nitrogens with one attached hydrogen (secondary N) is 1. The van der Waals surface area contributed by atoms with Gasteiger partial charge in [0, 0.05) is 0 Å². The predicted molar refractivity (Wildman–Crippen MR) is 140 cm³/mol. The maximum Gasteiger partial charge on any atom is 0.283 e. The van der Waals surface area contributed by atoms with E-state index in [0.29, 0.717) is 40.3 Å². The van der Waals surface area contributed by atoms with Gasteiger partial charge in [0.2, 0.25) is 5.17 Å². The minimum atomic E-state index is -0.500. The van der Waals surface area contributed by atoms with Crippen LogP contribution in [-0.2, 0) is 4.79 Å². The largest absolute Gasteiger partial charge is 0.493 e. The number of carbonyl (C=O) groups is 1. The first-order valence-corrected chi connectivity index (χ1v) is 12.2. The van der Waals surface area contributed by atoms with Crippen molar-refractivity contribution < 1.29 is 19.0 Å². The normalized spacial score (nSPS) is 16.3. The maximum atomic E-state index is 12.6. The number of hydrogen-bond acceptors (Lipinski definition) is 7. The number of methoxy groups -OCH3 is 1. The Labute approximate surface area is 213 Å². The van der Waals surface area contributed by atoms with E-state index in [4.69, 9.17) is 31.2 Å². The van der Waals surface area contributed by atoms with Crippen LogP contribution in [0.4, 0.5) is 0 Å². The lowest BCUT2D eigenvalue weighted by molar-refractivity contribution is -0.114. The average molecular weight is 513 g/mol. The number of carbonyl (C=O) groups excluding carboxylic acids is 1. The third-order valence-electron chi connectivity index (χ3n) is 5.44. The van der Waals surface area contributed by atoms with E-state index in [1.807, 2.05) is 32.0 Å². The van der Waals surface area contributed by atoms with Crippen LogP contribution in [0.2, 0.25) is 5.02 Å². The molecule has 0 spiro atoms. The minimum Gasteiger partial charge on any atom is -0.493 e. The molecule has 10 heteroatoms. The van der Waals surface area contributed by atoms with Gasteiger partial charge in [-0.2, -0.15) is 15.1 Å². The van der Waals surface area contributed by atoms with E-state index in [1.165, 1.54) is 29.4 Å². The number of amides is 1. The molecule has 4 rings (SSSR count). The Bertz CT molecular complexity index is 1290. The van der Waals surface area contributed by atoms with Crippen LogP contribution < -0.4 is 14.2 Å². The fraction of sp³-hybridized carbons (Fsp3) is 0.280. The summed E-state index contributed by atoms with van der Waals surface area (Å²) in [6.07, 6.45) is 2.25. The molecule has 0 aliphatic carbocycles.